The van der Waals surface area contributed by atoms with E-state index >= 15 is 0 Å². The quantitative estimate of drug-likeness (QED) is 0.469. The minimum Gasteiger partial charge on any atom is -0.462 e. The molecule has 0 aliphatic carbocycles. The molecule has 6 heteroatoms. The van der Waals surface area contributed by atoms with Gasteiger partial charge in [-0.3, -0.25) is 4.79 Å². The Hall–Kier alpha value is -2.18. The molecule has 23 heavy (non-hydrogen) atoms. The Balaban J connectivity index is 3.23. The fourth-order valence-corrected chi connectivity index (χ4v) is 1.83. The van der Waals surface area contributed by atoms with Crippen LogP contribution in [0.4, 0.5) is 0 Å². The molecule has 0 aromatic heterocycles. The van der Waals surface area contributed by atoms with Crippen LogP contribution in [-0.2, 0) is 19.9 Å². The third-order valence-electron chi connectivity index (χ3n) is 3.37. The highest BCUT2D eigenvalue weighted by Gasteiger charge is 2.34. The number of aliphatic hydroxyl groups excluding tert-OH is 1. The predicted octanol–water partition coefficient (Wildman–Crippen LogP) is 1.61. The van der Waals surface area contributed by atoms with Gasteiger partial charge in [-0.15, -0.1) is 0 Å². The normalized spacial score (nSPS) is 14.1. The SMILES string of the molecule is CC=C(C)C(=O)Oc1cc(C)ccc1C(O)(CO)COC(C)=O. The van der Waals surface area contributed by atoms with Crippen molar-refractivity contribution in [2.24, 2.45) is 0 Å². The number of carbonyl (C=O) groups is 2. The van der Waals surface area contributed by atoms with Crippen molar-refractivity contribution in [3.63, 3.8) is 0 Å². The van der Waals surface area contributed by atoms with Crippen molar-refractivity contribution in [3.05, 3.63) is 41.0 Å². The molecule has 0 heterocycles. The van der Waals surface area contributed by atoms with Crippen molar-refractivity contribution in [1.29, 1.82) is 0 Å². The minimum atomic E-state index is -1.86. The maximum Gasteiger partial charge on any atom is 0.338 e. The first-order chi connectivity index (χ1) is 10.7. The van der Waals surface area contributed by atoms with Crippen LogP contribution < -0.4 is 4.74 Å². The lowest BCUT2D eigenvalue weighted by molar-refractivity contribution is -0.152. The van der Waals surface area contributed by atoms with Crippen LogP contribution in [0, 0.1) is 6.92 Å². The summed E-state index contributed by atoms with van der Waals surface area (Å²) in [6.07, 6.45) is 1.61. The summed E-state index contributed by atoms with van der Waals surface area (Å²) in [6, 6.07) is 4.80. The van der Waals surface area contributed by atoms with E-state index in [-0.39, 0.29) is 11.3 Å². The molecule has 0 aliphatic heterocycles. The Morgan fingerprint density at radius 3 is 2.48 bits per heavy atom. The number of benzene rings is 1. The summed E-state index contributed by atoms with van der Waals surface area (Å²) in [7, 11) is 0. The van der Waals surface area contributed by atoms with Crippen LogP contribution in [0.25, 0.3) is 0 Å². The average Bonchev–Trinajstić information content (AvgIpc) is 2.51. The van der Waals surface area contributed by atoms with E-state index in [0.717, 1.165) is 5.56 Å². The predicted molar refractivity (Wildman–Crippen MR) is 83.9 cm³/mol. The van der Waals surface area contributed by atoms with Crippen molar-refractivity contribution >= 4 is 11.9 Å². The van der Waals surface area contributed by atoms with Crippen LogP contribution in [0.2, 0.25) is 0 Å². The molecule has 1 aromatic carbocycles. The summed E-state index contributed by atoms with van der Waals surface area (Å²) in [4.78, 5) is 22.9. The average molecular weight is 322 g/mol. The van der Waals surface area contributed by atoms with E-state index < -0.39 is 30.8 Å². The third kappa shape index (κ3) is 4.91. The highest BCUT2D eigenvalue weighted by Crippen LogP contribution is 2.32. The van der Waals surface area contributed by atoms with Gasteiger partial charge in [0.2, 0.25) is 0 Å². The number of aryl methyl sites for hydroxylation is 1. The first kappa shape index (κ1) is 18.9. The molecular formula is C17H22O6. The third-order valence-corrected chi connectivity index (χ3v) is 3.37. The maximum absolute atomic E-state index is 12.0. The van der Waals surface area contributed by atoms with Gasteiger partial charge in [0.05, 0.1) is 6.61 Å². The van der Waals surface area contributed by atoms with Crippen LogP contribution in [0.3, 0.4) is 0 Å². The maximum atomic E-state index is 12.0. The van der Waals surface area contributed by atoms with Gasteiger partial charge in [-0.05, 0) is 32.4 Å². The molecule has 0 bridgehead atoms. The van der Waals surface area contributed by atoms with Crippen LogP contribution >= 0.6 is 0 Å². The van der Waals surface area contributed by atoms with E-state index in [1.807, 2.05) is 0 Å². The molecule has 1 rings (SSSR count). The van der Waals surface area contributed by atoms with Gasteiger partial charge >= 0.3 is 11.9 Å². The zero-order chi connectivity index (χ0) is 17.6. The topological polar surface area (TPSA) is 93.1 Å². The lowest BCUT2D eigenvalue weighted by atomic mass is 9.93. The van der Waals surface area contributed by atoms with Crippen LogP contribution in [0.5, 0.6) is 5.75 Å². The second-order valence-electron chi connectivity index (χ2n) is 5.33. The number of hydrogen-bond acceptors (Lipinski definition) is 6. The Bertz CT molecular complexity index is 620. The lowest BCUT2D eigenvalue weighted by Crippen LogP contribution is -2.37. The van der Waals surface area contributed by atoms with Gasteiger partial charge in [0.15, 0.2) is 5.60 Å². The molecule has 1 atom stereocenters. The van der Waals surface area contributed by atoms with Gasteiger partial charge in [-0.25, -0.2) is 4.79 Å². The first-order valence-electron chi connectivity index (χ1n) is 7.16. The number of allylic oxidation sites excluding steroid dienone is 1. The van der Waals surface area contributed by atoms with Crippen molar-refractivity contribution in [3.8, 4) is 5.75 Å². The number of aliphatic hydroxyl groups is 2. The molecule has 2 N–H and O–H groups in total. The molecule has 0 saturated carbocycles. The second kappa shape index (κ2) is 7.89. The van der Waals surface area contributed by atoms with Crippen molar-refractivity contribution in [2.75, 3.05) is 13.2 Å². The monoisotopic (exact) mass is 322 g/mol. The molecule has 0 saturated heterocycles. The number of carbonyl (C=O) groups excluding carboxylic acids is 2. The molecule has 1 aromatic rings. The van der Waals surface area contributed by atoms with Gasteiger partial charge < -0.3 is 19.7 Å². The molecular weight excluding hydrogens is 300 g/mol. The van der Waals surface area contributed by atoms with Crippen LogP contribution in [-0.4, -0.2) is 35.4 Å². The van der Waals surface area contributed by atoms with Gasteiger partial charge in [0, 0.05) is 18.1 Å². The van der Waals surface area contributed by atoms with Crippen LogP contribution in [0.15, 0.2) is 29.8 Å². The number of esters is 2. The van der Waals surface area contributed by atoms with E-state index in [9.17, 15) is 19.8 Å². The number of ether oxygens (including phenoxy) is 2. The minimum absolute atomic E-state index is 0.111. The summed E-state index contributed by atoms with van der Waals surface area (Å²) in [5, 5.41) is 20.1. The molecule has 6 nitrogen and oxygen atoms in total. The summed E-state index contributed by atoms with van der Waals surface area (Å²) >= 11 is 0. The highest BCUT2D eigenvalue weighted by molar-refractivity contribution is 5.89. The Morgan fingerprint density at radius 1 is 1.30 bits per heavy atom. The first-order valence-corrected chi connectivity index (χ1v) is 7.16. The summed E-state index contributed by atoms with van der Waals surface area (Å²) in [5.41, 5.74) is -0.477. The Kier molecular flexibility index (Phi) is 6.48. The molecule has 1 unspecified atom stereocenters. The molecule has 0 spiro atoms. The number of hydrogen-bond donors (Lipinski definition) is 2. The van der Waals surface area contributed by atoms with E-state index in [1.165, 1.54) is 13.0 Å². The second-order valence-corrected chi connectivity index (χ2v) is 5.33. The zero-order valence-electron chi connectivity index (χ0n) is 13.8. The van der Waals surface area contributed by atoms with E-state index in [2.05, 4.69) is 0 Å². The lowest BCUT2D eigenvalue weighted by Gasteiger charge is -2.27. The van der Waals surface area contributed by atoms with Gasteiger partial charge in [-0.1, -0.05) is 18.2 Å². The van der Waals surface area contributed by atoms with E-state index in [0.29, 0.717) is 5.57 Å². The zero-order valence-corrected chi connectivity index (χ0v) is 13.8. The summed E-state index contributed by atoms with van der Waals surface area (Å²) in [5.74, 6) is -1.04. The van der Waals surface area contributed by atoms with Gasteiger partial charge in [0.1, 0.15) is 12.4 Å². The van der Waals surface area contributed by atoms with Crippen molar-refractivity contribution < 1.29 is 29.3 Å². The molecule has 0 radical (unpaired) electrons. The fourth-order valence-electron chi connectivity index (χ4n) is 1.83. The number of rotatable bonds is 6. The van der Waals surface area contributed by atoms with Gasteiger partial charge in [-0.2, -0.15) is 0 Å². The Morgan fingerprint density at radius 2 is 1.96 bits per heavy atom. The smallest absolute Gasteiger partial charge is 0.338 e. The van der Waals surface area contributed by atoms with Crippen molar-refractivity contribution in [2.45, 2.75) is 33.3 Å². The van der Waals surface area contributed by atoms with Crippen molar-refractivity contribution in [1.82, 2.24) is 0 Å². The molecule has 0 fully saturated rings. The molecule has 0 amide bonds. The summed E-state index contributed by atoms with van der Waals surface area (Å²) in [6.45, 7) is 5.16. The van der Waals surface area contributed by atoms with Crippen LogP contribution in [0.1, 0.15) is 31.9 Å². The Labute approximate surface area is 135 Å². The van der Waals surface area contributed by atoms with E-state index in [4.69, 9.17) is 9.47 Å². The molecule has 0 aliphatic rings. The van der Waals surface area contributed by atoms with Gasteiger partial charge in [0.25, 0.3) is 0 Å². The summed E-state index contributed by atoms with van der Waals surface area (Å²) < 4.78 is 10.1. The molecule has 126 valence electrons. The largest absolute Gasteiger partial charge is 0.462 e. The highest BCUT2D eigenvalue weighted by atomic mass is 16.5. The standard InChI is InChI=1S/C17H22O6/c1-5-12(3)16(20)23-15-8-11(2)6-7-14(15)17(21,9-18)10-22-13(4)19/h5-8,18,21H,9-10H2,1-4H3. The van der Waals surface area contributed by atoms with E-state index in [1.54, 1.807) is 39.0 Å². The fraction of sp³-hybridized carbons (Fsp3) is 0.412.